The maximum atomic E-state index is 11.3. The fraction of sp³-hybridized carbons (Fsp3) is 0.833. The minimum atomic E-state index is -0.131. The Balaban J connectivity index is 3.45. The van der Waals surface area contributed by atoms with Crippen LogP contribution >= 0.6 is 0 Å². The highest BCUT2D eigenvalue weighted by Gasteiger charge is 2.05. The number of amides is 2. The third-order valence-electron chi connectivity index (χ3n) is 2.26. The molecule has 0 fully saturated rings. The lowest BCUT2D eigenvalue weighted by Gasteiger charge is -2.08. The fourth-order valence-corrected chi connectivity index (χ4v) is 1.25. The molecule has 5 nitrogen and oxygen atoms in total. The number of carbonyl (C=O) groups excluding carboxylic acids is 2. The Morgan fingerprint density at radius 2 is 1.76 bits per heavy atom. The molecule has 0 rings (SSSR count). The molecule has 0 bridgehead atoms. The predicted octanol–water partition coefficient (Wildman–Crippen LogP) is 0.394. The van der Waals surface area contributed by atoms with Gasteiger partial charge in [0.05, 0.1) is 6.54 Å². The molecular weight excluding hydrogens is 218 g/mol. The van der Waals surface area contributed by atoms with Crippen molar-refractivity contribution in [3.63, 3.8) is 0 Å². The molecule has 0 saturated carbocycles. The lowest BCUT2D eigenvalue weighted by atomic mass is 10.2. The van der Waals surface area contributed by atoms with E-state index in [2.05, 4.69) is 10.6 Å². The number of nitrogens with two attached hydrogens (primary N) is 1. The Morgan fingerprint density at radius 3 is 2.35 bits per heavy atom. The number of nitrogens with one attached hydrogen (secondary N) is 2. The quantitative estimate of drug-likeness (QED) is 0.512. The SMILES string of the molecule is CC(C)CNC(=O)CNC(=O)CCCCCN. The van der Waals surface area contributed by atoms with Crippen molar-refractivity contribution in [2.45, 2.75) is 39.5 Å². The molecule has 0 saturated heterocycles. The van der Waals surface area contributed by atoms with E-state index in [9.17, 15) is 9.59 Å². The highest BCUT2D eigenvalue weighted by molar-refractivity contribution is 5.84. The summed E-state index contributed by atoms with van der Waals surface area (Å²) in [4.78, 5) is 22.6. The molecule has 2 amide bonds. The minimum Gasteiger partial charge on any atom is -0.354 e. The lowest BCUT2D eigenvalue weighted by Crippen LogP contribution is -2.38. The molecule has 0 atom stereocenters. The van der Waals surface area contributed by atoms with Gasteiger partial charge in [-0.2, -0.15) is 0 Å². The smallest absolute Gasteiger partial charge is 0.239 e. The first-order valence-electron chi connectivity index (χ1n) is 6.29. The van der Waals surface area contributed by atoms with Crippen LogP contribution < -0.4 is 16.4 Å². The van der Waals surface area contributed by atoms with Gasteiger partial charge in [0, 0.05) is 13.0 Å². The Kier molecular flexibility index (Phi) is 9.43. The number of hydrogen-bond acceptors (Lipinski definition) is 3. The molecule has 0 radical (unpaired) electrons. The molecule has 0 aliphatic carbocycles. The second-order valence-electron chi connectivity index (χ2n) is 4.57. The van der Waals surface area contributed by atoms with Crippen molar-refractivity contribution in [2.75, 3.05) is 19.6 Å². The first kappa shape index (κ1) is 15.9. The van der Waals surface area contributed by atoms with Crippen molar-refractivity contribution in [1.29, 1.82) is 0 Å². The molecule has 17 heavy (non-hydrogen) atoms. The van der Waals surface area contributed by atoms with Crippen molar-refractivity contribution < 1.29 is 9.59 Å². The van der Waals surface area contributed by atoms with Crippen LogP contribution in [0.1, 0.15) is 39.5 Å². The molecule has 5 heteroatoms. The number of carbonyl (C=O) groups is 2. The molecule has 0 spiro atoms. The molecule has 0 aromatic heterocycles. The summed E-state index contributed by atoms with van der Waals surface area (Å²) in [7, 11) is 0. The maximum absolute atomic E-state index is 11.3. The Morgan fingerprint density at radius 1 is 1.06 bits per heavy atom. The van der Waals surface area contributed by atoms with Crippen molar-refractivity contribution in [1.82, 2.24) is 10.6 Å². The minimum absolute atomic E-state index is 0.0679. The number of unbranched alkanes of at least 4 members (excludes halogenated alkanes) is 2. The fourth-order valence-electron chi connectivity index (χ4n) is 1.25. The average molecular weight is 243 g/mol. The average Bonchev–Trinajstić information content (AvgIpc) is 2.29. The molecule has 4 N–H and O–H groups in total. The van der Waals surface area contributed by atoms with Crippen LogP contribution in [-0.4, -0.2) is 31.4 Å². The monoisotopic (exact) mass is 243 g/mol. The van der Waals surface area contributed by atoms with E-state index >= 15 is 0 Å². The van der Waals surface area contributed by atoms with E-state index in [4.69, 9.17) is 5.73 Å². The van der Waals surface area contributed by atoms with Gasteiger partial charge in [0.25, 0.3) is 0 Å². The summed E-state index contributed by atoms with van der Waals surface area (Å²) in [5.41, 5.74) is 5.35. The second-order valence-corrected chi connectivity index (χ2v) is 4.57. The Hall–Kier alpha value is -1.10. The summed E-state index contributed by atoms with van der Waals surface area (Å²) < 4.78 is 0. The van der Waals surface area contributed by atoms with Gasteiger partial charge in [-0.15, -0.1) is 0 Å². The van der Waals surface area contributed by atoms with Gasteiger partial charge in [-0.25, -0.2) is 0 Å². The van der Waals surface area contributed by atoms with Gasteiger partial charge in [-0.05, 0) is 25.3 Å². The van der Waals surface area contributed by atoms with E-state index in [1.165, 1.54) is 0 Å². The largest absolute Gasteiger partial charge is 0.354 e. The van der Waals surface area contributed by atoms with Crippen LogP contribution in [-0.2, 0) is 9.59 Å². The van der Waals surface area contributed by atoms with Crippen LogP contribution in [0.25, 0.3) is 0 Å². The summed E-state index contributed by atoms with van der Waals surface area (Å²) in [5.74, 6) is 0.224. The van der Waals surface area contributed by atoms with E-state index in [1.54, 1.807) is 0 Å². The van der Waals surface area contributed by atoms with E-state index in [0.29, 0.717) is 25.4 Å². The molecule has 0 unspecified atom stereocenters. The van der Waals surface area contributed by atoms with Gasteiger partial charge in [0.15, 0.2) is 0 Å². The van der Waals surface area contributed by atoms with Gasteiger partial charge >= 0.3 is 0 Å². The van der Waals surface area contributed by atoms with E-state index in [-0.39, 0.29) is 18.4 Å². The lowest BCUT2D eigenvalue weighted by molar-refractivity contribution is -0.126. The van der Waals surface area contributed by atoms with E-state index < -0.39 is 0 Å². The summed E-state index contributed by atoms with van der Waals surface area (Å²) in [6, 6.07) is 0. The van der Waals surface area contributed by atoms with Gasteiger partial charge in [-0.1, -0.05) is 20.3 Å². The first-order chi connectivity index (χ1) is 8.06. The standard InChI is InChI=1S/C12H25N3O2/c1-10(2)8-14-12(17)9-15-11(16)6-4-3-5-7-13/h10H,3-9,13H2,1-2H3,(H,14,17)(H,15,16). The van der Waals surface area contributed by atoms with Crippen LogP contribution in [0.3, 0.4) is 0 Å². The summed E-state index contributed by atoms with van der Waals surface area (Å²) in [5, 5.41) is 5.34. The third-order valence-corrected chi connectivity index (χ3v) is 2.26. The first-order valence-corrected chi connectivity index (χ1v) is 6.29. The second kappa shape index (κ2) is 10.1. The summed E-state index contributed by atoms with van der Waals surface area (Å²) in [6.07, 6.45) is 3.21. The zero-order chi connectivity index (χ0) is 13.1. The molecular formula is C12H25N3O2. The van der Waals surface area contributed by atoms with Crippen molar-refractivity contribution in [3.05, 3.63) is 0 Å². The van der Waals surface area contributed by atoms with Gasteiger partial charge in [0.2, 0.25) is 11.8 Å². The highest BCUT2D eigenvalue weighted by Crippen LogP contribution is 1.97. The zero-order valence-electron chi connectivity index (χ0n) is 10.9. The maximum Gasteiger partial charge on any atom is 0.239 e. The van der Waals surface area contributed by atoms with Crippen molar-refractivity contribution >= 4 is 11.8 Å². The molecule has 0 aliphatic heterocycles. The zero-order valence-corrected chi connectivity index (χ0v) is 10.9. The van der Waals surface area contributed by atoms with E-state index in [0.717, 1.165) is 19.3 Å². The molecule has 0 aromatic rings. The summed E-state index contributed by atoms with van der Waals surface area (Å²) >= 11 is 0. The topological polar surface area (TPSA) is 84.2 Å². The Bertz CT molecular complexity index is 230. The van der Waals surface area contributed by atoms with Crippen LogP contribution in [0, 0.1) is 5.92 Å². The van der Waals surface area contributed by atoms with Gasteiger partial charge in [0.1, 0.15) is 0 Å². The van der Waals surface area contributed by atoms with Gasteiger partial charge in [-0.3, -0.25) is 9.59 Å². The van der Waals surface area contributed by atoms with E-state index in [1.807, 2.05) is 13.8 Å². The van der Waals surface area contributed by atoms with Crippen LogP contribution in [0.4, 0.5) is 0 Å². The van der Waals surface area contributed by atoms with Crippen LogP contribution in [0.15, 0.2) is 0 Å². The molecule has 100 valence electrons. The normalized spacial score (nSPS) is 10.4. The van der Waals surface area contributed by atoms with Gasteiger partial charge < -0.3 is 16.4 Å². The Labute approximate surface area is 104 Å². The van der Waals surface area contributed by atoms with Crippen molar-refractivity contribution in [3.8, 4) is 0 Å². The molecule has 0 heterocycles. The van der Waals surface area contributed by atoms with Crippen LogP contribution in [0.5, 0.6) is 0 Å². The third kappa shape index (κ3) is 11.2. The number of rotatable bonds is 9. The number of hydrogen-bond donors (Lipinski definition) is 3. The highest BCUT2D eigenvalue weighted by atomic mass is 16.2. The van der Waals surface area contributed by atoms with Crippen molar-refractivity contribution in [2.24, 2.45) is 11.7 Å². The molecule has 0 aliphatic rings. The summed E-state index contributed by atoms with van der Waals surface area (Å²) in [6.45, 7) is 5.43. The predicted molar refractivity (Wildman–Crippen MR) is 68.4 cm³/mol. The molecule has 0 aromatic carbocycles. The van der Waals surface area contributed by atoms with Crippen LogP contribution in [0.2, 0.25) is 0 Å².